The Balaban J connectivity index is 1.56. The van der Waals surface area contributed by atoms with Gasteiger partial charge in [0, 0.05) is 36.7 Å². The minimum atomic E-state index is -0.229. The average Bonchev–Trinajstić information content (AvgIpc) is 3.13. The topological polar surface area (TPSA) is 99.0 Å². The van der Waals surface area contributed by atoms with Crippen LogP contribution in [0.3, 0.4) is 0 Å². The lowest BCUT2D eigenvalue weighted by Gasteiger charge is -2.07. The summed E-state index contributed by atoms with van der Waals surface area (Å²) < 4.78 is 6.91. The van der Waals surface area contributed by atoms with Gasteiger partial charge in [-0.15, -0.1) is 5.10 Å². The number of ketones is 1. The number of Topliss-reactive ketones (excluding diaryl/α,β-unsaturated/α-hetero) is 1. The van der Waals surface area contributed by atoms with Crippen LogP contribution in [-0.4, -0.2) is 38.5 Å². The van der Waals surface area contributed by atoms with Crippen LogP contribution in [0.25, 0.3) is 11.4 Å². The van der Waals surface area contributed by atoms with Gasteiger partial charge in [-0.25, -0.2) is 4.68 Å². The summed E-state index contributed by atoms with van der Waals surface area (Å²) in [4.78, 5) is 24.5. The monoisotopic (exact) mass is 379 g/mol. The number of aryl methyl sites for hydroxylation is 1. The molecule has 3 rings (SSSR count). The van der Waals surface area contributed by atoms with Crippen LogP contribution in [0.2, 0.25) is 0 Å². The molecule has 0 saturated heterocycles. The molecule has 1 amide bonds. The van der Waals surface area contributed by atoms with Crippen molar-refractivity contribution in [3.8, 4) is 17.1 Å². The first-order chi connectivity index (χ1) is 13.6. The first-order valence-electron chi connectivity index (χ1n) is 8.95. The van der Waals surface area contributed by atoms with Gasteiger partial charge in [0.1, 0.15) is 5.75 Å². The Bertz CT molecular complexity index is 966. The molecule has 0 radical (unpaired) electrons. The molecule has 1 aromatic heterocycles. The van der Waals surface area contributed by atoms with Crippen LogP contribution in [0.4, 0.5) is 5.69 Å². The van der Waals surface area contributed by atoms with Gasteiger partial charge >= 0.3 is 0 Å². The number of aromatic nitrogens is 4. The third kappa shape index (κ3) is 4.79. The Morgan fingerprint density at radius 3 is 2.57 bits per heavy atom. The van der Waals surface area contributed by atoms with E-state index in [1.807, 2.05) is 19.1 Å². The lowest BCUT2D eigenvalue weighted by Crippen LogP contribution is -2.13. The lowest BCUT2D eigenvalue weighted by molar-refractivity contribution is -0.116. The fraction of sp³-hybridized carbons (Fsp3) is 0.250. The van der Waals surface area contributed by atoms with Crippen LogP contribution in [0.15, 0.2) is 48.5 Å². The molecule has 0 aliphatic carbocycles. The second kappa shape index (κ2) is 8.90. The number of amides is 1. The molecule has 0 aliphatic rings. The Hall–Kier alpha value is -3.55. The van der Waals surface area contributed by atoms with E-state index in [9.17, 15) is 9.59 Å². The average molecular weight is 379 g/mol. The third-order valence-corrected chi connectivity index (χ3v) is 4.09. The minimum Gasteiger partial charge on any atom is -0.494 e. The van der Waals surface area contributed by atoms with E-state index in [4.69, 9.17) is 4.74 Å². The number of ether oxygens (including phenoxy) is 1. The van der Waals surface area contributed by atoms with E-state index in [1.54, 1.807) is 48.1 Å². The molecule has 1 heterocycles. The van der Waals surface area contributed by atoms with Gasteiger partial charge in [0.25, 0.3) is 0 Å². The normalized spacial score (nSPS) is 10.5. The van der Waals surface area contributed by atoms with Gasteiger partial charge in [-0.05, 0) is 53.7 Å². The van der Waals surface area contributed by atoms with E-state index < -0.39 is 0 Å². The fourth-order valence-corrected chi connectivity index (χ4v) is 2.71. The fourth-order valence-electron chi connectivity index (χ4n) is 2.71. The van der Waals surface area contributed by atoms with Crippen LogP contribution in [-0.2, 0) is 11.8 Å². The van der Waals surface area contributed by atoms with Crippen molar-refractivity contribution >= 4 is 17.4 Å². The number of anilines is 1. The van der Waals surface area contributed by atoms with E-state index in [0.29, 0.717) is 23.7 Å². The number of benzene rings is 2. The zero-order valence-corrected chi connectivity index (χ0v) is 15.8. The van der Waals surface area contributed by atoms with E-state index >= 15 is 0 Å². The molecule has 2 aromatic carbocycles. The summed E-state index contributed by atoms with van der Waals surface area (Å²) in [6, 6.07) is 14.2. The standard InChI is InChI=1S/C20H21N5O3/c1-3-28-17-9-7-14(8-10-17)18(26)11-12-19(27)21-16-6-4-5-15(13-16)20-22-23-24-25(20)2/h4-10,13H,3,11-12H2,1-2H3,(H,21,27). The molecular formula is C20H21N5O3. The number of carbonyl (C=O) groups excluding carboxylic acids is 2. The SMILES string of the molecule is CCOc1ccc(C(=O)CCC(=O)Nc2cccc(-c3nnnn3C)c2)cc1. The van der Waals surface area contributed by atoms with Gasteiger partial charge in [0.2, 0.25) is 5.91 Å². The predicted molar refractivity (Wildman–Crippen MR) is 104 cm³/mol. The van der Waals surface area contributed by atoms with E-state index in [1.165, 1.54) is 0 Å². The molecule has 8 heteroatoms. The molecule has 0 fully saturated rings. The summed E-state index contributed by atoms with van der Waals surface area (Å²) in [7, 11) is 1.74. The zero-order chi connectivity index (χ0) is 19.9. The summed E-state index contributed by atoms with van der Waals surface area (Å²) in [6.07, 6.45) is 0.231. The Morgan fingerprint density at radius 2 is 1.89 bits per heavy atom. The maximum absolute atomic E-state index is 12.3. The summed E-state index contributed by atoms with van der Waals surface area (Å²) in [6.45, 7) is 2.47. The first-order valence-corrected chi connectivity index (χ1v) is 8.95. The number of rotatable bonds is 8. The maximum atomic E-state index is 12.3. The van der Waals surface area contributed by atoms with Crippen molar-refractivity contribution in [3.05, 3.63) is 54.1 Å². The highest BCUT2D eigenvalue weighted by molar-refractivity contribution is 6.00. The van der Waals surface area contributed by atoms with Crippen molar-refractivity contribution < 1.29 is 14.3 Å². The van der Waals surface area contributed by atoms with Gasteiger partial charge < -0.3 is 10.1 Å². The number of nitrogens with one attached hydrogen (secondary N) is 1. The Labute approximate surface area is 162 Å². The van der Waals surface area contributed by atoms with Crippen molar-refractivity contribution in [1.29, 1.82) is 0 Å². The van der Waals surface area contributed by atoms with Crippen LogP contribution in [0.1, 0.15) is 30.1 Å². The predicted octanol–water partition coefficient (Wildman–Crippen LogP) is 2.88. The summed E-state index contributed by atoms with van der Waals surface area (Å²) in [5, 5.41) is 14.2. The Morgan fingerprint density at radius 1 is 1.11 bits per heavy atom. The first kappa shape index (κ1) is 19.2. The van der Waals surface area contributed by atoms with E-state index in [2.05, 4.69) is 20.8 Å². The molecular weight excluding hydrogens is 358 g/mol. The summed E-state index contributed by atoms with van der Waals surface area (Å²) in [5.74, 6) is 1.00. The van der Waals surface area contributed by atoms with Crippen LogP contribution in [0.5, 0.6) is 5.75 Å². The highest BCUT2D eigenvalue weighted by Gasteiger charge is 2.11. The number of nitrogens with zero attached hydrogens (tertiary/aromatic N) is 4. The maximum Gasteiger partial charge on any atom is 0.224 e. The summed E-state index contributed by atoms with van der Waals surface area (Å²) in [5.41, 5.74) is 1.97. The number of hydrogen-bond acceptors (Lipinski definition) is 6. The largest absolute Gasteiger partial charge is 0.494 e. The smallest absolute Gasteiger partial charge is 0.224 e. The quantitative estimate of drug-likeness (QED) is 0.604. The number of carbonyl (C=O) groups is 2. The van der Waals surface area contributed by atoms with Gasteiger partial charge in [-0.2, -0.15) is 0 Å². The van der Waals surface area contributed by atoms with Crippen LogP contribution >= 0.6 is 0 Å². The minimum absolute atomic E-state index is 0.0860. The second-order valence-corrected chi connectivity index (χ2v) is 6.14. The molecule has 144 valence electrons. The van der Waals surface area contributed by atoms with Gasteiger partial charge in [-0.1, -0.05) is 12.1 Å². The van der Waals surface area contributed by atoms with Crippen molar-refractivity contribution in [2.75, 3.05) is 11.9 Å². The molecule has 0 unspecified atom stereocenters. The van der Waals surface area contributed by atoms with Crippen LogP contribution in [0, 0.1) is 0 Å². The molecule has 8 nitrogen and oxygen atoms in total. The number of hydrogen-bond donors (Lipinski definition) is 1. The van der Waals surface area contributed by atoms with Crippen molar-refractivity contribution in [3.63, 3.8) is 0 Å². The summed E-state index contributed by atoms with van der Waals surface area (Å²) >= 11 is 0. The molecule has 0 atom stereocenters. The lowest BCUT2D eigenvalue weighted by atomic mass is 10.1. The highest BCUT2D eigenvalue weighted by atomic mass is 16.5. The Kier molecular flexibility index (Phi) is 6.11. The zero-order valence-electron chi connectivity index (χ0n) is 15.8. The molecule has 28 heavy (non-hydrogen) atoms. The van der Waals surface area contributed by atoms with Crippen molar-refractivity contribution in [1.82, 2.24) is 20.2 Å². The molecule has 0 saturated carbocycles. The van der Waals surface area contributed by atoms with Gasteiger partial charge in [-0.3, -0.25) is 9.59 Å². The molecule has 1 N–H and O–H groups in total. The highest BCUT2D eigenvalue weighted by Crippen LogP contribution is 2.20. The second-order valence-electron chi connectivity index (χ2n) is 6.14. The van der Waals surface area contributed by atoms with Gasteiger partial charge in [0.05, 0.1) is 6.61 Å². The van der Waals surface area contributed by atoms with E-state index in [-0.39, 0.29) is 24.5 Å². The van der Waals surface area contributed by atoms with Crippen LogP contribution < -0.4 is 10.1 Å². The molecule has 0 aliphatic heterocycles. The molecule has 0 bridgehead atoms. The van der Waals surface area contributed by atoms with Gasteiger partial charge in [0.15, 0.2) is 11.6 Å². The molecule has 0 spiro atoms. The molecule has 3 aromatic rings. The van der Waals surface area contributed by atoms with Crippen molar-refractivity contribution in [2.24, 2.45) is 7.05 Å². The van der Waals surface area contributed by atoms with E-state index in [0.717, 1.165) is 11.3 Å². The number of tetrazole rings is 1. The van der Waals surface area contributed by atoms with Crippen molar-refractivity contribution in [2.45, 2.75) is 19.8 Å². The third-order valence-electron chi connectivity index (χ3n) is 4.09.